The van der Waals surface area contributed by atoms with E-state index in [0.717, 1.165) is 36.5 Å². The van der Waals surface area contributed by atoms with E-state index in [1.54, 1.807) is 0 Å². The van der Waals surface area contributed by atoms with Crippen LogP contribution in [0.1, 0.15) is 31.2 Å². The highest BCUT2D eigenvalue weighted by Crippen LogP contribution is 2.48. The Labute approximate surface area is 120 Å². The van der Waals surface area contributed by atoms with Gasteiger partial charge in [-0.15, -0.1) is 0 Å². The molecular formula is C17H22N2O. The summed E-state index contributed by atoms with van der Waals surface area (Å²) in [6, 6.07) is 8.35. The smallest absolute Gasteiger partial charge is 0.240 e. The molecule has 3 aliphatic rings. The van der Waals surface area contributed by atoms with Crippen LogP contribution in [0, 0.1) is 17.8 Å². The number of amides is 1. The number of para-hydroxylation sites is 1. The number of benzene rings is 1. The maximum atomic E-state index is 12.4. The maximum absolute atomic E-state index is 12.4. The number of fused-ring (bicyclic) bond motifs is 3. The van der Waals surface area contributed by atoms with Crippen LogP contribution in [0.5, 0.6) is 0 Å². The zero-order valence-corrected chi connectivity index (χ0v) is 11.8. The number of nitrogens with zero attached hydrogens (tertiary/aromatic N) is 1. The van der Waals surface area contributed by atoms with Gasteiger partial charge < -0.3 is 10.2 Å². The van der Waals surface area contributed by atoms with Crippen molar-refractivity contribution in [2.75, 3.05) is 18.0 Å². The average molecular weight is 270 g/mol. The lowest BCUT2D eigenvalue weighted by molar-refractivity contribution is -0.117. The first-order valence-corrected chi connectivity index (χ1v) is 7.90. The van der Waals surface area contributed by atoms with Crippen molar-refractivity contribution in [3.05, 3.63) is 29.8 Å². The zero-order chi connectivity index (χ0) is 13.5. The van der Waals surface area contributed by atoms with Crippen LogP contribution >= 0.6 is 0 Å². The Hall–Kier alpha value is -1.35. The van der Waals surface area contributed by atoms with E-state index in [0.29, 0.717) is 6.54 Å². The highest BCUT2D eigenvalue weighted by Gasteiger charge is 2.41. The predicted octanol–water partition coefficient (Wildman–Crippen LogP) is 2.56. The second kappa shape index (κ2) is 4.88. The van der Waals surface area contributed by atoms with E-state index >= 15 is 0 Å². The molecule has 2 bridgehead atoms. The molecule has 1 heterocycles. The van der Waals surface area contributed by atoms with Crippen LogP contribution in [-0.4, -0.2) is 19.0 Å². The molecule has 0 aromatic heterocycles. The van der Waals surface area contributed by atoms with Gasteiger partial charge in [0.25, 0.3) is 0 Å². The predicted molar refractivity (Wildman–Crippen MR) is 79.4 cm³/mol. The summed E-state index contributed by atoms with van der Waals surface area (Å²) in [5.74, 6) is 2.78. The number of carbonyl (C=O) groups excluding carboxylic acids is 1. The zero-order valence-electron chi connectivity index (χ0n) is 11.8. The summed E-state index contributed by atoms with van der Waals surface area (Å²) in [6.07, 6.45) is 5.56. The van der Waals surface area contributed by atoms with Gasteiger partial charge in [-0.1, -0.05) is 24.6 Å². The Morgan fingerprint density at radius 1 is 1.15 bits per heavy atom. The molecule has 2 fully saturated rings. The summed E-state index contributed by atoms with van der Waals surface area (Å²) >= 11 is 0. The van der Waals surface area contributed by atoms with E-state index in [-0.39, 0.29) is 5.91 Å². The number of anilines is 1. The largest absolute Gasteiger partial charge is 0.311 e. The van der Waals surface area contributed by atoms with Crippen LogP contribution in [0.2, 0.25) is 0 Å². The van der Waals surface area contributed by atoms with Gasteiger partial charge in [-0.2, -0.15) is 0 Å². The monoisotopic (exact) mass is 270 g/mol. The van der Waals surface area contributed by atoms with E-state index in [4.69, 9.17) is 0 Å². The molecule has 3 unspecified atom stereocenters. The Morgan fingerprint density at radius 3 is 2.85 bits per heavy atom. The summed E-state index contributed by atoms with van der Waals surface area (Å²) < 4.78 is 0. The number of nitrogens with one attached hydrogen (secondary N) is 1. The highest BCUT2D eigenvalue weighted by molar-refractivity contribution is 5.96. The molecule has 0 spiro atoms. The van der Waals surface area contributed by atoms with E-state index in [1.807, 2.05) is 6.07 Å². The highest BCUT2D eigenvalue weighted by atomic mass is 16.2. The van der Waals surface area contributed by atoms with Crippen molar-refractivity contribution in [2.24, 2.45) is 17.8 Å². The van der Waals surface area contributed by atoms with Gasteiger partial charge in [-0.05, 0) is 48.6 Å². The van der Waals surface area contributed by atoms with E-state index in [2.05, 4.69) is 28.4 Å². The van der Waals surface area contributed by atoms with Gasteiger partial charge >= 0.3 is 0 Å². The summed E-state index contributed by atoms with van der Waals surface area (Å²) in [5, 5.41) is 3.25. The Balaban J connectivity index is 1.60. The molecule has 1 aromatic carbocycles. The van der Waals surface area contributed by atoms with Crippen molar-refractivity contribution in [1.82, 2.24) is 5.32 Å². The van der Waals surface area contributed by atoms with Crippen molar-refractivity contribution in [1.29, 1.82) is 0 Å². The van der Waals surface area contributed by atoms with Gasteiger partial charge in [0.15, 0.2) is 0 Å². The molecule has 4 rings (SSSR count). The second-order valence-electron chi connectivity index (χ2n) is 6.67. The van der Waals surface area contributed by atoms with E-state index in [1.165, 1.54) is 31.2 Å². The minimum atomic E-state index is 0.234. The molecule has 2 aliphatic carbocycles. The molecule has 3 nitrogen and oxygen atoms in total. The maximum Gasteiger partial charge on any atom is 0.240 e. The molecule has 2 saturated carbocycles. The minimum absolute atomic E-state index is 0.234. The number of rotatable bonds is 2. The molecule has 1 N–H and O–H groups in total. The van der Waals surface area contributed by atoms with Gasteiger partial charge in [0.2, 0.25) is 5.91 Å². The van der Waals surface area contributed by atoms with Gasteiger partial charge in [-0.3, -0.25) is 4.79 Å². The first kappa shape index (κ1) is 12.4. The second-order valence-corrected chi connectivity index (χ2v) is 6.67. The third-order valence-corrected chi connectivity index (χ3v) is 5.48. The van der Waals surface area contributed by atoms with Crippen molar-refractivity contribution >= 4 is 11.6 Å². The van der Waals surface area contributed by atoms with Crippen LogP contribution in [0.3, 0.4) is 0 Å². The summed E-state index contributed by atoms with van der Waals surface area (Å²) in [7, 11) is 0. The number of carbonyl (C=O) groups is 1. The molecule has 1 aromatic rings. The minimum Gasteiger partial charge on any atom is -0.311 e. The SMILES string of the molecule is O=C1CNCc2ccccc2N1CC1CC2CCC1C2. The van der Waals surface area contributed by atoms with Crippen LogP contribution in [0.4, 0.5) is 5.69 Å². The number of hydrogen-bond acceptors (Lipinski definition) is 2. The fourth-order valence-corrected chi connectivity index (χ4v) is 4.49. The van der Waals surface area contributed by atoms with E-state index in [9.17, 15) is 4.79 Å². The third-order valence-electron chi connectivity index (χ3n) is 5.48. The van der Waals surface area contributed by atoms with Crippen molar-refractivity contribution < 1.29 is 4.79 Å². The molecular weight excluding hydrogens is 248 g/mol. The van der Waals surface area contributed by atoms with Gasteiger partial charge in [0.05, 0.1) is 6.54 Å². The van der Waals surface area contributed by atoms with Gasteiger partial charge in [-0.25, -0.2) is 0 Å². The first-order chi connectivity index (χ1) is 9.81. The van der Waals surface area contributed by atoms with Gasteiger partial charge in [0.1, 0.15) is 0 Å². The average Bonchev–Trinajstić information content (AvgIpc) is 3.04. The van der Waals surface area contributed by atoms with Crippen LogP contribution in [0.15, 0.2) is 24.3 Å². The first-order valence-electron chi connectivity index (χ1n) is 7.90. The summed E-state index contributed by atoms with van der Waals surface area (Å²) in [4.78, 5) is 14.5. The van der Waals surface area contributed by atoms with Crippen LogP contribution in [-0.2, 0) is 11.3 Å². The lowest BCUT2D eigenvalue weighted by Gasteiger charge is -2.30. The standard InChI is InChI=1S/C17H22N2O/c20-17-10-18-9-14-3-1-2-4-16(14)19(17)11-15-8-12-5-6-13(15)7-12/h1-4,12-13,15,18H,5-11H2. The fraction of sp³-hybridized carbons (Fsp3) is 0.588. The van der Waals surface area contributed by atoms with Crippen LogP contribution < -0.4 is 10.2 Å². The Bertz CT molecular complexity index is 527. The Morgan fingerprint density at radius 2 is 2.05 bits per heavy atom. The molecule has 3 atom stereocenters. The molecule has 1 aliphatic heterocycles. The molecule has 0 saturated heterocycles. The lowest BCUT2D eigenvalue weighted by Crippen LogP contribution is -2.40. The molecule has 20 heavy (non-hydrogen) atoms. The lowest BCUT2D eigenvalue weighted by atomic mass is 9.88. The van der Waals surface area contributed by atoms with Crippen molar-refractivity contribution in [3.63, 3.8) is 0 Å². The fourth-order valence-electron chi connectivity index (χ4n) is 4.49. The topological polar surface area (TPSA) is 32.3 Å². The summed E-state index contributed by atoms with van der Waals surface area (Å²) in [6.45, 7) is 2.20. The van der Waals surface area contributed by atoms with Crippen molar-refractivity contribution in [3.8, 4) is 0 Å². The number of hydrogen-bond donors (Lipinski definition) is 1. The quantitative estimate of drug-likeness (QED) is 0.895. The molecule has 0 radical (unpaired) electrons. The molecule has 3 heteroatoms. The summed E-state index contributed by atoms with van der Waals surface area (Å²) in [5.41, 5.74) is 2.38. The normalized spacial score (nSPS) is 32.3. The third kappa shape index (κ3) is 2.05. The Kier molecular flexibility index (Phi) is 3.03. The van der Waals surface area contributed by atoms with Crippen LogP contribution in [0.25, 0.3) is 0 Å². The molecule has 1 amide bonds. The molecule has 106 valence electrons. The van der Waals surface area contributed by atoms with Gasteiger partial charge in [0, 0.05) is 18.8 Å². The van der Waals surface area contributed by atoms with Crippen molar-refractivity contribution in [2.45, 2.75) is 32.2 Å². The van der Waals surface area contributed by atoms with E-state index < -0.39 is 0 Å².